The van der Waals surface area contributed by atoms with Crippen LogP contribution in [0.15, 0.2) is 0 Å². The molecule has 1 aliphatic rings. The number of thiocarbonyl (C=S) groups is 1. The summed E-state index contributed by atoms with van der Waals surface area (Å²) in [6, 6.07) is 0. The smallest absolute Gasteiger partial charge is 0.228 e. The Bertz CT molecular complexity index is 430. The van der Waals surface area contributed by atoms with E-state index >= 15 is 0 Å². The number of nitrogens with one attached hydrogen (secondary N) is 2. The van der Waals surface area contributed by atoms with Crippen molar-refractivity contribution >= 4 is 58.0 Å². The first kappa shape index (κ1) is 24.0. The summed E-state index contributed by atoms with van der Waals surface area (Å²) < 4.78 is 3.59. The number of carbonyl (C=O) groups excluding carboxylic acids is 1. The molecular weight excluding hydrogens is 417 g/mol. The maximum absolute atomic E-state index is 12.2. The van der Waals surface area contributed by atoms with Gasteiger partial charge in [-0.15, -0.1) is 0 Å². The van der Waals surface area contributed by atoms with Crippen molar-refractivity contribution < 1.29 is 9.53 Å². The Balaban J connectivity index is 2.34. The van der Waals surface area contributed by atoms with E-state index in [9.17, 15) is 4.79 Å². The Morgan fingerprint density at radius 1 is 1.08 bits per heavy atom. The molecule has 1 saturated heterocycles. The number of hydrogen-bond acceptors (Lipinski definition) is 3. The van der Waals surface area contributed by atoms with E-state index in [2.05, 4.69) is 17.6 Å². The number of carbonyl (C=O) groups is 1. The molecule has 0 radical (unpaired) electrons. The van der Waals surface area contributed by atoms with Crippen LogP contribution in [0.3, 0.4) is 0 Å². The van der Waals surface area contributed by atoms with E-state index in [4.69, 9.17) is 51.8 Å². The van der Waals surface area contributed by atoms with Gasteiger partial charge >= 0.3 is 0 Å². The van der Waals surface area contributed by atoms with Crippen molar-refractivity contribution in [3.05, 3.63) is 0 Å². The van der Waals surface area contributed by atoms with Gasteiger partial charge in [0.15, 0.2) is 5.11 Å². The van der Waals surface area contributed by atoms with Crippen LogP contribution in [0.1, 0.15) is 58.3 Å². The van der Waals surface area contributed by atoms with Crippen LogP contribution in [0.25, 0.3) is 0 Å². The first-order valence-corrected chi connectivity index (χ1v) is 10.9. The molecule has 1 amide bonds. The standard InChI is InChI=1S/C17H30Cl3N3O2S/c1-2-3-4-5-6-7-8-9-14(24)21-15(17(18,19)20)22-16(26)23-10-12-25-13-11-23/h15H,2-13H2,1H3,(H,21,24)(H,22,26). The predicted molar refractivity (Wildman–Crippen MR) is 113 cm³/mol. The molecule has 1 unspecified atom stereocenters. The summed E-state index contributed by atoms with van der Waals surface area (Å²) in [6.07, 6.45) is 7.56. The van der Waals surface area contributed by atoms with Crippen LogP contribution in [-0.4, -0.2) is 52.2 Å². The fourth-order valence-electron chi connectivity index (χ4n) is 2.66. The van der Waals surface area contributed by atoms with E-state index in [1.54, 1.807) is 0 Å². The third-order valence-corrected chi connectivity index (χ3v) is 5.24. The van der Waals surface area contributed by atoms with Crippen molar-refractivity contribution in [2.45, 2.75) is 68.2 Å². The number of nitrogens with zero attached hydrogens (tertiary/aromatic N) is 1. The molecule has 152 valence electrons. The lowest BCUT2D eigenvalue weighted by atomic mass is 10.1. The van der Waals surface area contributed by atoms with Gasteiger partial charge in [0.25, 0.3) is 0 Å². The van der Waals surface area contributed by atoms with Crippen LogP contribution in [0.2, 0.25) is 0 Å². The molecule has 0 aromatic heterocycles. The summed E-state index contributed by atoms with van der Waals surface area (Å²) >= 11 is 23.4. The highest BCUT2D eigenvalue weighted by Gasteiger charge is 2.35. The van der Waals surface area contributed by atoms with E-state index in [-0.39, 0.29) is 5.91 Å². The molecule has 1 rings (SSSR count). The predicted octanol–water partition coefficient (Wildman–Crippen LogP) is 4.15. The largest absolute Gasteiger partial charge is 0.378 e. The van der Waals surface area contributed by atoms with Crippen molar-refractivity contribution in [3.8, 4) is 0 Å². The average molecular weight is 447 g/mol. The molecule has 2 N–H and O–H groups in total. The number of morpholine rings is 1. The quantitative estimate of drug-likeness (QED) is 0.228. The highest BCUT2D eigenvalue weighted by atomic mass is 35.6. The van der Waals surface area contributed by atoms with Crippen LogP contribution in [0.4, 0.5) is 0 Å². The third kappa shape index (κ3) is 10.4. The number of hydrogen-bond donors (Lipinski definition) is 2. The average Bonchev–Trinajstić information content (AvgIpc) is 2.60. The van der Waals surface area contributed by atoms with Crippen molar-refractivity contribution in [3.63, 3.8) is 0 Å². The minimum absolute atomic E-state index is 0.146. The third-order valence-electron chi connectivity index (χ3n) is 4.21. The van der Waals surface area contributed by atoms with Crippen molar-refractivity contribution in [2.75, 3.05) is 26.3 Å². The Morgan fingerprint density at radius 3 is 2.23 bits per heavy atom. The minimum Gasteiger partial charge on any atom is -0.378 e. The van der Waals surface area contributed by atoms with E-state index in [1.807, 2.05) is 4.90 Å². The van der Waals surface area contributed by atoms with Crippen molar-refractivity contribution in [1.82, 2.24) is 15.5 Å². The Hall–Kier alpha value is -0.0100. The number of halogens is 3. The van der Waals surface area contributed by atoms with Crippen LogP contribution in [0.5, 0.6) is 0 Å². The van der Waals surface area contributed by atoms with E-state index in [1.165, 1.54) is 25.7 Å². The van der Waals surface area contributed by atoms with Gasteiger partial charge in [-0.05, 0) is 18.6 Å². The number of amides is 1. The zero-order valence-electron chi connectivity index (χ0n) is 15.4. The number of unbranched alkanes of at least 4 members (excludes halogenated alkanes) is 6. The first-order valence-electron chi connectivity index (χ1n) is 9.34. The van der Waals surface area contributed by atoms with Crippen LogP contribution >= 0.6 is 47.0 Å². The Labute approximate surface area is 177 Å². The summed E-state index contributed by atoms with van der Waals surface area (Å²) in [4.78, 5) is 14.1. The van der Waals surface area contributed by atoms with Crippen LogP contribution in [0, 0.1) is 0 Å². The summed E-state index contributed by atoms with van der Waals surface area (Å²) in [7, 11) is 0. The van der Waals surface area contributed by atoms with Crippen molar-refractivity contribution in [1.29, 1.82) is 0 Å². The highest BCUT2D eigenvalue weighted by molar-refractivity contribution is 7.80. The molecule has 0 aliphatic carbocycles. The van der Waals surface area contributed by atoms with E-state index < -0.39 is 9.96 Å². The van der Waals surface area contributed by atoms with Gasteiger partial charge in [0.2, 0.25) is 9.70 Å². The molecule has 0 aromatic carbocycles. The number of ether oxygens (including phenoxy) is 1. The van der Waals surface area contributed by atoms with Gasteiger partial charge in [0.1, 0.15) is 6.17 Å². The molecule has 0 bridgehead atoms. The first-order chi connectivity index (χ1) is 12.3. The summed E-state index contributed by atoms with van der Waals surface area (Å²) in [5, 5.41) is 6.15. The molecule has 1 aliphatic heterocycles. The van der Waals surface area contributed by atoms with Crippen LogP contribution < -0.4 is 10.6 Å². The monoisotopic (exact) mass is 445 g/mol. The van der Waals surface area contributed by atoms with Gasteiger partial charge in [-0.25, -0.2) is 0 Å². The fourth-order valence-corrected chi connectivity index (χ4v) is 3.28. The summed E-state index contributed by atoms with van der Waals surface area (Å²) in [6.45, 7) is 4.74. The van der Waals surface area contributed by atoms with Gasteiger partial charge in [0, 0.05) is 19.5 Å². The summed E-state index contributed by atoms with van der Waals surface area (Å²) in [5.74, 6) is -0.146. The van der Waals surface area contributed by atoms with Gasteiger partial charge in [-0.2, -0.15) is 0 Å². The molecule has 1 heterocycles. The molecule has 1 fully saturated rings. The minimum atomic E-state index is -1.70. The maximum Gasteiger partial charge on any atom is 0.228 e. The van der Waals surface area contributed by atoms with Gasteiger partial charge < -0.3 is 20.3 Å². The zero-order valence-corrected chi connectivity index (χ0v) is 18.5. The molecule has 26 heavy (non-hydrogen) atoms. The molecule has 1 atom stereocenters. The topological polar surface area (TPSA) is 53.6 Å². The summed E-state index contributed by atoms with van der Waals surface area (Å²) in [5.41, 5.74) is 0. The molecule has 0 spiro atoms. The van der Waals surface area contributed by atoms with Gasteiger partial charge in [0.05, 0.1) is 13.2 Å². The van der Waals surface area contributed by atoms with Gasteiger partial charge in [-0.3, -0.25) is 4.79 Å². The lowest BCUT2D eigenvalue weighted by Gasteiger charge is -2.34. The normalized spacial score (nSPS) is 16.2. The highest BCUT2D eigenvalue weighted by Crippen LogP contribution is 2.29. The second-order valence-electron chi connectivity index (χ2n) is 6.46. The maximum atomic E-state index is 12.2. The molecule has 5 nitrogen and oxygen atoms in total. The van der Waals surface area contributed by atoms with Crippen molar-refractivity contribution in [2.24, 2.45) is 0 Å². The second kappa shape index (κ2) is 13.2. The van der Waals surface area contributed by atoms with Crippen LogP contribution in [-0.2, 0) is 9.53 Å². The SMILES string of the molecule is CCCCCCCCCC(=O)NC(NC(=S)N1CCOCC1)C(Cl)(Cl)Cl. The Kier molecular flexibility index (Phi) is 12.2. The molecule has 9 heteroatoms. The molecular formula is C17H30Cl3N3O2S. The lowest BCUT2D eigenvalue weighted by molar-refractivity contribution is -0.122. The van der Waals surface area contributed by atoms with E-state index in [0.29, 0.717) is 37.8 Å². The Morgan fingerprint density at radius 2 is 1.65 bits per heavy atom. The number of alkyl halides is 3. The van der Waals surface area contributed by atoms with E-state index in [0.717, 1.165) is 19.3 Å². The number of rotatable bonds is 10. The van der Waals surface area contributed by atoms with Gasteiger partial charge in [-0.1, -0.05) is 80.3 Å². The zero-order chi connectivity index (χ0) is 19.4. The molecule has 0 aromatic rings. The lowest BCUT2D eigenvalue weighted by Crippen LogP contribution is -2.59. The molecule has 0 saturated carbocycles. The second-order valence-corrected chi connectivity index (χ2v) is 9.22. The fraction of sp³-hybridized carbons (Fsp3) is 0.882.